The smallest absolute Gasteiger partial charge is 0.189 e. The summed E-state index contributed by atoms with van der Waals surface area (Å²) < 4.78 is 16.3. The summed E-state index contributed by atoms with van der Waals surface area (Å²) in [5.74, 6) is -0.383. The molecule has 0 aliphatic heterocycles. The van der Waals surface area contributed by atoms with Crippen LogP contribution in [0.25, 0.3) is 10.9 Å². The molecule has 0 atom stereocenters. The fourth-order valence-corrected chi connectivity index (χ4v) is 3.44. The number of aromatic nitrogens is 1. The first-order chi connectivity index (χ1) is 9.08. The number of rotatable bonds is 1. The van der Waals surface area contributed by atoms with Crippen LogP contribution in [0.3, 0.4) is 0 Å². The molecular weight excluding hydrogens is 309 g/mol. The first-order valence-corrected chi connectivity index (χ1v) is 7.38. The zero-order chi connectivity index (χ0) is 13.6. The normalized spacial score (nSPS) is 16.4. The Bertz CT molecular complexity index is 701. The third kappa shape index (κ3) is 2.12. The molecule has 2 nitrogen and oxygen atoms in total. The molecule has 1 aromatic carbocycles. The van der Waals surface area contributed by atoms with Crippen LogP contribution in [0.15, 0.2) is 27.5 Å². The average molecular weight is 324 g/mol. The second kappa shape index (κ2) is 4.75. The molecule has 3 rings (SSSR count). The number of hydrogen-bond acceptors (Lipinski definition) is 1. The average Bonchev–Trinajstić information content (AvgIpc) is 2.86. The summed E-state index contributed by atoms with van der Waals surface area (Å²) in [6, 6.07) is 5.12. The van der Waals surface area contributed by atoms with E-state index >= 15 is 0 Å². The van der Waals surface area contributed by atoms with Crippen molar-refractivity contribution in [1.29, 1.82) is 0 Å². The number of hydrogen-bond donors (Lipinski definition) is 0. The van der Waals surface area contributed by atoms with E-state index in [1.807, 2.05) is 6.92 Å². The van der Waals surface area contributed by atoms with Gasteiger partial charge in [-0.3, -0.25) is 4.79 Å². The number of fused-ring (bicyclic) bond motifs is 1. The molecule has 1 fully saturated rings. The number of halogens is 2. The summed E-state index contributed by atoms with van der Waals surface area (Å²) in [5, 5.41) is 0.471. The third-order valence-electron chi connectivity index (χ3n) is 3.97. The zero-order valence-electron chi connectivity index (χ0n) is 10.7. The second-order valence-corrected chi connectivity index (χ2v) is 6.10. The molecule has 0 bridgehead atoms. The largest absolute Gasteiger partial charge is 0.342 e. The third-order valence-corrected chi connectivity index (χ3v) is 4.58. The van der Waals surface area contributed by atoms with Gasteiger partial charge in [0.05, 0.1) is 9.99 Å². The van der Waals surface area contributed by atoms with Crippen molar-refractivity contribution < 1.29 is 4.39 Å². The van der Waals surface area contributed by atoms with Crippen molar-refractivity contribution >= 4 is 26.8 Å². The van der Waals surface area contributed by atoms with Crippen LogP contribution in [0, 0.1) is 12.7 Å². The van der Waals surface area contributed by atoms with E-state index in [-0.39, 0.29) is 11.2 Å². The van der Waals surface area contributed by atoms with Gasteiger partial charge >= 0.3 is 0 Å². The maximum atomic E-state index is 13.6. The van der Waals surface area contributed by atoms with Crippen LogP contribution >= 0.6 is 15.9 Å². The molecule has 0 radical (unpaired) electrons. The van der Waals surface area contributed by atoms with Crippen LogP contribution in [0.4, 0.5) is 4.39 Å². The van der Waals surface area contributed by atoms with Gasteiger partial charge in [-0.2, -0.15) is 0 Å². The van der Waals surface area contributed by atoms with Crippen LogP contribution in [-0.4, -0.2) is 4.57 Å². The predicted octanol–water partition coefficient (Wildman–Crippen LogP) is 4.33. The highest BCUT2D eigenvalue weighted by Crippen LogP contribution is 2.33. The number of nitrogens with zero attached hydrogens (tertiary/aromatic N) is 1. The SMILES string of the molecule is Cc1cc(=O)c2cc(F)c(Br)cc2n1C1CCCC1. The van der Waals surface area contributed by atoms with E-state index in [9.17, 15) is 9.18 Å². The highest BCUT2D eigenvalue weighted by Gasteiger charge is 2.20. The lowest BCUT2D eigenvalue weighted by Crippen LogP contribution is -2.15. The monoisotopic (exact) mass is 323 g/mol. The van der Waals surface area contributed by atoms with Crippen molar-refractivity contribution in [3.63, 3.8) is 0 Å². The Morgan fingerprint density at radius 2 is 1.95 bits per heavy atom. The fraction of sp³-hybridized carbons (Fsp3) is 0.400. The molecule has 4 heteroatoms. The Morgan fingerprint density at radius 3 is 2.63 bits per heavy atom. The van der Waals surface area contributed by atoms with Crippen LogP contribution in [0.1, 0.15) is 37.4 Å². The van der Waals surface area contributed by atoms with E-state index in [2.05, 4.69) is 20.5 Å². The van der Waals surface area contributed by atoms with Crippen molar-refractivity contribution in [2.75, 3.05) is 0 Å². The zero-order valence-corrected chi connectivity index (χ0v) is 12.3. The first kappa shape index (κ1) is 12.9. The molecule has 2 aromatic rings. The van der Waals surface area contributed by atoms with Gasteiger partial charge in [-0.15, -0.1) is 0 Å². The van der Waals surface area contributed by atoms with Crippen LogP contribution in [-0.2, 0) is 0 Å². The molecule has 0 N–H and O–H groups in total. The molecule has 19 heavy (non-hydrogen) atoms. The first-order valence-electron chi connectivity index (χ1n) is 6.59. The molecular formula is C15H15BrFNO. The molecule has 1 heterocycles. The lowest BCUT2D eigenvalue weighted by atomic mass is 10.1. The van der Waals surface area contributed by atoms with Gasteiger partial charge in [0.25, 0.3) is 0 Å². The van der Waals surface area contributed by atoms with E-state index in [0.29, 0.717) is 15.9 Å². The minimum atomic E-state index is -0.383. The maximum Gasteiger partial charge on any atom is 0.189 e. The number of aryl methyl sites for hydroxylation is 1. The molecule has 1 saturated carbocycles. The Labute approximate surface area is 119 Å². The van der Waals surface area contributed by atoms with Gasteiger partial charge in [-0.1, -0.05) is 12.8 Å². The number of benzene rings is 1. The van der Waals surface area contributed by atoms with Crippen molar-refractivity contribution in [2.45, 2.75) is 38.6 Å². The van der Waals surface area contributed by atoms with E-state index in [1.54, 1.807) is 12.1 Å². The van der Waals surface area contributed by atoms with E-state index in [0.717, 1.165) is 24.1 Å². The molecule has 0 saturated heterocycles. The molecule has 0 unspecified atom stereocenters. The minimum Gasteiger partial charge on any atom is -0.342 e. The summed E-state index contributed by atoms with van der Waals surface area (Å²) in [6.45, 7) is 1.95. The Kier molecular flexibility index (Phi) is 3.21. The second-order valence-electron chi connectivity index (χ2n) is 5.24. The Hall–Kier alpha value is -1.16. The van der Waals surface area contributed by atoms with Gasteiger partial charge in [-0.25, -0.2) is 4.39 Å². The number of pyridine rings is 1. The minimum absolute atomic E-state index is 0.104. The standard InChI is InChI=1S/C15H15BrFNO/c1-9-6-15(19)11-7-13(17)12(16)8-14(11)18(9)10-4-2-3-5-10/h6-8,10H,2-5H2,1H3. The summed E-state index contributed by atoms with van der Waals surface area (Å²) in [6.07, 6.45) is 4.71. The van der Waals surface area contributed by atoms with Crippen LogP contribution in [0.5, 0.6) is 0 Å². The maximum absolute atomic E-state index is 13.6. The van der Waals surface area contributed by atoms with Gasteiger partial charge in [0.1, 0.15) is 5.82 Å². The summed E-state index contributed by atoms with van der Waals surface area (Å²) in [4.78, 5) is 12.0. The van der Waals surface area contributed by atoms with Gasteiger partial charge in [-0.05, 0) is 47.8 Å². The lowest BCUT2D eigenvalue weighted by molar-refractivity contribution is 0.520. The highest BCUT2D eigenvalue weighted by molar-refractivity contribution is 9.10. The van der Waals surface area contributed by atoms with Gasteiger partial charge in [0.15, 0.2) is 5.43 Å². The van der Waals surface area contributed by atoms with Crippen molar-refractivity contribution in [2.24, 2.45) is 0 Å². The van der Waals surface area contributed by atoms with Gasteiger partial charge in [0.2, 0.25) is 0 Å². The van der Waals surface area contributed by atoms with Crippen molar-refractivity contribution in [3.8, 4) is 0 Å². The highest BCUT2D eigenvalue weighted by atomic mass is 79.9. The van der Waals surface area contributed by atoms with E-state index < -0.39 is 0 Å². The topological polar surface area (TPSA) is 22.0 Å². The Morgan fingerprint density at radius 1 is 1.26 bits per heavy atom. The summed E-state index contributed by atoms with van der Waals surface area (Å²) in [7, 11) is 0. The van der Waals surface area contributed by atoms with Crippen molar-refractivity contribution in [1.82, 2.24) is 4.57 Å². The van der Waals surface area contributed by atoms with Gasteiger partial charge < -0.3 is 4.57 Å². The van der Waals surface area contributed by atoms with Gasteiger partial charge in [0, 0.05) is 23.2 Å². The quantitative estimate of drug-likeness (QED) is 0.765. The van der Waals surface area contributed by atoms with Crippen LogP contribution in [0.2, 0.25) is 0 Å². The molecule has 0 amide bonds. The summed E-state index contributed by atoms with van der Waals surface area (Å²) >= 11 is 3.22. The lowest BCUT2D eigenvalue weighted by Gasteiger charge is -2.21. The molecule has 100 valence electrons. The molecule has 1 aliphatic rings. The molecule has 1 aromatic heterocycles. The molecule has 1 aliphatic carbocycles. The molecule has 0 spiro atoms. The summed E-state index contributed by atoms with van der Waals surface area (Å²) in [5.41, 5.74) is 1.70. The Balaban J connectivity index is 2.36. The van der Waals surface area contributed by atoms with E-state index in [4.69, 9.17) is 0 Å². The van der Waals surface area contributed by atoms with Crippen molar-refractivity contribution in [3.05, 3.63) is 44.4 Å². The fourth-order valence-electron chi connectivity index (χ4n) is 3.11. The van der Waals surface area contributed by atoms with Crippen LogP contribution < -0.4 is 5.43 Å². The van der Waals surface area contributed by atoms with E-state index in [1.165, 1.54) is 18.9 Å². The predicted molar refractivity (Wildman–Crippen MR) is 78.1 cm³/mol.